The van der Waals surface area contributed by atoms with Gasteiger partial charge in [0.05, 0.1) is 12.0 Å². The molecule has 8 nitrogen and oxygen atoms in total. The molecule has 0 aromatic heterocycles. The quantitative estimate of drug-likeness (QED) is 0.241. The standard InChI is InChI=1S/C33H42N2O6/c1-20(2)25(30(39)27(36)16-15-22-11-10-14-24(17-22)31(34)40)18-28(37)21(3)35-32(41)26(33(4,5)6)19-29(38)23-12-8-7-9-13-23/h7-14,17,20-21,25-26H,15-16,18-19H2,1-6H3,(H2,34,40)(H,35,41)/t21-,25-,26+/m0/s1. The number of nitrogens with one attached hydrogen (secondary N) is 1. The van der Waals surface area contributed by atoms with Gasteiger partial charge in [-0.1, -0.05) is 77.1 Å². The summed E-state index contributed by atoms with van der Waals surface area (Å²) >= 11 is 0. The summed E-state index contributed by atoms with van der Waals surface area (Å²) in [6.45, 7) is 10.7. The Bertz CT molecular complexity index is 1280. The van der Waals surface area contributed by atoms with E-state index in [1.807, 2.05) is 26.8 Å². The van der Waals surface area contributed by atoms with Crippen LogP contribution >= 0.6 is 0 Å². The Morgan fingerprint density at radius 2 is 1.44 bits per heavy atom. The predicted octanol–water partition coefficient (Wildman–Crippen LogP) is 4.53. The van der Waals surface area contributed by atoms with Gasteiger partial charge in [0, 0.05) is 36.3 Å². The van der Waals surface area contributed by atoms with Crippen molar-refractivity contribution in [3.8, 4) is 0 Å². The van der Waals surface area contributed by atoms with E-state index < -0.39 is 46.7 Å². The topological polar surface area (TPSA) is 140 Å². The van der Waals surface area contributed by atoms with Gasteiger partial charge in [0.1, 0.15) is 0 Å². The van der Waals surface area contributed by atoms with Gasteiger partial charge in [-0.15, -0.1) is 0 Å². The normalized spacial score (nSPS) is 13.6. The lowest BCUT2D eigenvalue weighted by Crippen LogP contribution is -2.46. The summed E-state index contributed by atoms with van der Waals surface area (Å²) < 4.78 is 0. The predicted molar refractivity (Wildman–Crippen MR) is 157 cm³/mol. The van der Waals surface area contributed by atoms with E-state index in [-0.39, 0.29) is 43.2 Å². The fourth-order valence-corrected chi connectivity index (χ4v) is 4.61. The molecular formula is C33H42N2O6. The third kappa shape index (κ3) is 9.88. The van der Waals surface area contributed by atoms with Crippen molar-refractivity contribution >= 4 is 34.9 Å². The molecule has 220 valence electrons. The molecule has 3 atom stereocenters. The average Bonchev–Trinajstić information content (AvgIpc) is 2.92. The molecule has 0 aliphatic heterocycles. The van der Waals surface area contributed by atoms with Crippen molar-refractivity contribution in [3.05, 3.63) is 71.3 Å². The number of primary amides is 1. The molecular weight excluding hydrogens is 520 g/mol. The zero-order valence-corrected chi connectivity index (χ0v) is 24.9. The highest BCUT2D eigenvalue weighted by Gasteiger charge is 2.36. The van der Waals surface area contributed by atoms with Crippen molar-refractivity contribution < 1.29 is 28.8 Å². The first-order valence-corrected chi connectivity index (χ1v) is 14.0. The number of benzene rings is 2. The van der Waals surface area contributed by atoms with Crippen molar-refractivity contribution in [2.45, 2.75) is 73.3 Å². The van der Waals surface area contributed by atoms with E-state index in [0.29, 0.717) is 16.7 Å². The summed E-state index contributed by atoms with van der Waals surface area (Å²) in [5.41, 5.74) is 6.31. The number of Topliss-reactive ketones (excluding diaryl/α,β-unsaturated/α-hetero) is 4. The van der Waals surface area contributed by atoms with Crippen LogP contribution in [0.2, 0.25) is 0 Å². The van der Waals surface area contributed by atoms with Gasteiger partial charge in [-0.3, -0.25) is 28.8 Å². The fourth-order valence-electron chi connectivity index (χ4n) is 4.61. The first-order chi connectivity index (χ1) is 19.1. The third-order valence-corrected chi connectivity index (χ3v) is 7.38. The van der Waals surface area contributed by atoms with E-state index >= 15 is 0 Å². The summed E-state index contributed by atoms with van der Waals surface area (Å²) in [5.74, 6) is -4.52. The summed E-state index contributed by atoms with van der Waals surface area (Å²) in [7, 11) is 0. The molecule has 0 aliphatic carbocycles. The lowest BCUT2D eigenvalue weighted by atomic mass is 9.76. The van der Waals surface area contributed by atoms with E-state index in [2.05, 4.69) is 5.32 Å². The number of carbonyl (C=O) groups is 6. The smallest absolute Gasteiger partial charge is 0.248 e. The number of hydrogen-bond donors (Lipinski definition) is 2. The molecule has 2 rings (SSSR count). The van der Waals surface area contributed by atoms with E-state index in [9.17, 15) is 28.8 Å². The van der Waals surface area contributed by atoms with Crippen LogP contribution in [0.15, 0.2) is 54.6 Å². The number of hydrogen-bond acceptors (Lipinski definition) is 6. The summed E-state index contributed by atoms with van der Waals surface area (Å²) in [6, 6.07) is 14.4. The maximum atomic E-state index is 13.3. The molecule has 2 amide bonds. The van der Waals surface area contributed by atoms with Crippen LogP contribution in [-0.4, -0.2) is 41.0 Å². The average molecular weight is 563 g/mol. The number of rotatable bonds is 15. The molecule has 0 bridgehead atoms. The molecule has 0 radical (unpaired) electrons. The second kappa shape index (κ2) is 14.6. The first kappa shape index (κ1) is 33.3. The van der Waals surface area contributed by atoms with E-state index in [4.69, 9.17) is 5.73 Å². The Morgan fingerprint density at radius 3 is 2.00 bits per heavy atom. The maximum Gasteiger partial charge on any atom is 0.248 e. The Kier molecular flexibility index (Phi) is 11.9. The molecule has 0 spiro atoms. The van der Waals surface area contributed by atoms with Crippen molar-refractivity contribution in [3.63, 3.8) is 0 Å². The second-order valence-electron chi connectivity index (χ2n) is 12.0. The van der Waals surface area contributed by atoms with Crippen LogP contribution in [0.5, 0.6) is 0 Å². The number of carbonyl (C=O) groups excluding carboxylic acids is 6. The minimum absolute atomic E-state index is 0.00971. The van der Waals surface area contributed by atoms with Crippen LogP contribution in [0.3, 0.4) is 0 Å². The molecule has 41 heavy (non-hydrogen) atoms. The number of nitrogens with two attached hydrogens (primary N) is 1. The molecule has 2 aromatic rings. The molecule has 0 saturated heterocycles. The van der Waals surface area contributed by atoms with Gasteiger partial charge in [-0.05, 0) is 42.4 Å². The largest absolute Gasteiger partial charge is 0.366 e. The Hall–Kier alpha value is -3.94. The molecule has 0 saturated carbocycles. The minimum Gasteiger partial charge on any atom is -0.366 e. The van der Waals surface area contributed by atoms with Crippen molar-refractivity contribution in [1.29, 1.82) is 0 Å². The zero-order valence-electron chi connectivity index (χ0n) is 24.9. The van der Waals surface area contributed by atoms with Gasteiger partial charge in [0.25, 0.3) is 0 Å². The van der Waals surface area contributed by atoms with Crippen molar-refractivity contribution in [1.82, 2.24) is 5.32 Å². The highest BCUT2D eigenvalue weighted by Crippen LogP contribution is 2.30. The number of amides is 2. The molecule has 2 aromatic carbocycles. The minimum atomic E-state index is -0.903. The van der Waals surface area contributed by atoms with Crippen molar-refractivity contribution in [2.24, 2.45) is 28.9 Å². The highest BCUT2D eigenvalue weighted by molar-refractivity contribution is 6.38. The van der Waals surface area contributed by atoms with Gasteiger partial charge in [0.15, 0.2) is 17.3 Å². The second-order valence-corrected chi connectivity index (χ2v) is 12.0. The van der Waals surface area contributed by atoms with Crippen LogP contribution in [0.4, 0.5) is 0 Å². The zero-order chi connectivity index (χ0) is 30.9. The fraction of sp³-hybridized carbons (Fsp3) is 0.455. The summed E-state index contributed by atoms with van der Waals surface area (Å²) in [6.07, 6.45) is -0.00550. The first-order valence-electron chi connectivity index (χ1n) is 14.0. The maximum absolute atomic E-state index is 13.3. The number of ketones is 4. The van der Waals surface area contributed by atoms with E-state index in [1.165, 1.54) is 0 Å². The highest BCUT2D eigenvalue weighted by atomic mass is 16.2. The van der Waals surface area contributed by atoms with Crippen LogP contribution in [0, 0.1) is 23.2 Å². The van der Waals surface area contributed by atoms with E-state index in [0.717, 1.165) is 0 Å². The molecule has 8 heteroatoms. The van der Waals surface area contributed by atoms with E-state index in [1.54, 1.807) is 69.3 Å². The molecule has 0 heterocycles. The van der Waals surface area contributed by atoms with Gasteiger partial charge < -0.3 is 11.1 Å². The molecule has 0 aliphatic rings. The SMILES string of the molecule is CC(C)[C@H](CC(=O)[C@H](C)NC(=O)[C@@H](CC(=O)c1ccccc1)C(C)(C)C)C(=O)C(=O)CCc1cccc(C(N)=O)c1. The van der Waals surface area contributed by atoms with Crippen LogP contribution < -0.4 is 11.1 Å². The van der Waals surface area contributed by atoms with Crippen LogP contribution in [-0.2, 0) is 25.6 Å². The van der Waals surface area contributed by atoms with Gasteiger partial charge in [-0.25, -0.2) is 0 Å². The Labute approximate surface area is 242 Å². The summed E-state index contributed by atoms with van der Waals surface area (Å²) in [5, 5.41) is 2.74. The molecule has 0 unspecified atom stereocenters. The Morgan fingerprint density at radius 1 is 0.829 bits per heavy atom. The number of aryl methyl sites for hydroxylation is 1. The summed E-state index contributed by atoms with van der Waals surface area (Å²) in [4.78, 5) is 76.5. The molecule has 0 fully saturated rings. The lowest BCUT2D eigenvalue weighted by Gasteiger charge is -2.30. The van der Waals surface area contributed by atoms with Crippen LogP contribution in [0.1, 0.15) is 87.1 Å². The van der Waals surface area contributed by atoms with Crippen LogP contribution in [0.25, 0.3) is 0 Å². The van der Waals surface area contributed by atoms with Crippen molar-refractivity contribution in [2.75, 3.05) is 0 Å². The monoisotopic (exact) mass is 562 g/mol. The lowest BCUT2D eigenvalue weighted by molar-refractivity contribution is -0.141. The molecule has 3 N–H and O–H groups in total. The Balaban J connectivity index is 2.03. The van der Waals surface area contributed by atoms with Gasteiger partial charge in [-0.2, -0.15) is 0 Å². The third-order valence-electron chi connectivity index (χ3n) is 7.38. The van der Waals surface area contributed by atoms with Gasteiger partial charge >= 0.3 is 0 Å². The van der Waals surface area contributed by atoms with Gasteiger partial charge in [0.2, 0.25) is 17.6 Å².